The quantitative estimate of drug-likeness (QED) is 0.575. The monoisotopic (exact) mass is 451 g/mol. The fourth-order valence-electron chi connectivity index (χ4n) is 5.00. The Morgan fingerprint density at radius 3 is 2.61 bits per heavy atom. The normalized spacial score (nSPS) is 24.1. The highest BCUT2D eigenvalue weighted by Gasteiger charge is 2.39. The Balaban J connectivity index is 1.73. The number of anilines is 1. The summed E-state index contributed by atoms with van der Waals surface area (Å²) >= 11 is 0. The molecule has 2 aliphatic carbocycles. The molecule has 1 heterocycles. The van der Waals surface area contributed by atoms with Crippen molar-refractivity contribution >= 4 is 22.7 Å². The predicted molar refractivity (Wildman–Crippen MR) is 128 cm³/mol. The number of carbonyl (C=O) groups is 1. The molecule has 7 nitrogen and oxygen atoms in total. The van der Waals surface area contributed by atoms with E-state index in [9.17, 15) is 15.0 Å². The second kappa shape index (κ2) is 9.14. The zero-order valence-electron chi connectivity index (χ0n) is 19.8. The molecular formula is C26H33N3O4. The van der Waals surface area contributed by atoms with Gasteiger partial charge in [0.25, 0.3) is 0 Å². The van der Waals surface area contributed by atoms with Crippen LogP contribution in [0.2, 0.25) is 0 Å². The molecule has 4 rings (SSSR count). The first-order valence-corrected chi connectivity index (χ1v) is 11.7. The standard InChI is InChI=1S/C26H33N3O4/c1-15-6-5-7-19(12-15)16(2)27-24-20-13-21(23(33-4)14-22(20)28-17(3)29-24)26(32)10-8-18(9-11-26)25(30)31/h7,12-14,16,18,32H,5-6,8-11H2,1-4H3,(H,30,31)(H,27,28,29)/t16-,18-,26-/m1/s1. The van der Waals surface area contributed by atoms with Gasteiger partial charge in [-0.25, -0.2) is 9.97 Å². The highest BCUT2D eigenvalue weighted by atomic mass is 16.5. The van der Waals surface area contributed by atoms with Crippen molar-refractivity contribution in [2.45, 2.75) is 70.9 Å². The summed E-state index contributed by atoms with van der Waals surface area (Å²) in [4.78, 5) is 20.7. The number of benzene rings is 1. The van der Waals surface area contributed by atoms with E-state index in [2.05, 4.69) is 41.3 Å². The van der Waals surface area contributed by atoms with Crippen LogP contribution >= 0.6 is 0 Å². The van der Waals surface area contributed by atoms with E-state index in [1.807, 2.05) is 19.1 Å². The summed E-state index contributed by atoms with van der Waals surface area (Å²) in [5, 5.41) is 25.2. The average molecular weight is 452 g/mol. The molecule has 0 aliphatic heterocycles. The Kier molecular flexibility index (Phi) is 6.43. The Morgan fingerprint density at radius 2 is 1.97 bits per heavy atom. The number of aliphatic carboxylic acids is 1. The average Bonchev–Trinajstić information content (AvgIpc) is 2.78. The number of fused-ring (bicyclic) bond motifs is 1. The minimum absolute atomic E-state index is 0.0670. The van der Waals surface area contributed by atoms with E-state index in [4.69, 9.17) is 4.74 Å². The van der Waals surface area contributed by atoms with Gasteiger partial charge in [-0.15, -0.1) is 0 Å². The van der Waals surface area contributed by atoms with Gasteiger partial charge in [0.05, 0.1) is 24.1 Å². The largest absolute Gasteiger partial charge is 0.496 e. The first-order chi connectivity index (χ1) is 15.7. The van der Waals surface area contributed by atoms with Crippen LogP contribution in [0.15, 0.2) is 35.4 Å². The fourth-order valence-corrected chi connectivity index (χ4v) is 5.00. The topological polar surface area (TPSA) is 105 Å². The molecule has 0 radical (unpaired) electrons. The van der Waals surface area contributed by atoms with Crippen molar-refractivity contribution in [2.75, 3.05) is 12.4 Å². The Bertz CT molecular complexity index is 1130. The molecule has 1 saturated carbocycles. The third-order valence-electron chi connectivity index (χ3n) is 6.98. The van der Waals surface area contributed by atoms with E-state index in [1.54, 1.807) is 7.11 Å². The van der Waals surface area contributed by atoms with Crippen molar-refractivity contribution in [2.24, 2.45) is 5.92 Å². The number of rotatable bonds is 6. The van der Waals surface area contributed by atoms with Gasteiger partial charge in [0, 0.05) is 23.1 Å². The van der Waals surface area contributed by atoms with Crippen LogP contribution in [0.5, 0.6) is 5.75 Å². The molecule has 2 aliphatic rings. The van der Waals surface area contributed by atoms with Crippen LogP contribution in [-0.4, -0.2) is 39.3 Å². The minimum atomic E-state index is -1.15. The lowest BCUT2D eigenvalue weighted by molar-refractivity contribution is -0.145. The number of aromatic nitrogens is 2. The lowest BCUT2D eigenvalue weighted by Crippen LogP contribution is -2.34. The SMILES string of the molecule is COc1cc2nc(C)nc(N[C@H](C)C3=CCCC(C)=C3)c2cc1[C@]1(O)CC[C@H](C(=O)O)CC1. The van der Waals surface area contributed by atoms with E-state index in [-0.39, 0.29) is 6.04 Å². The van der Waals surface area contributed by atoms with Gasteiger partial charge >= 0.3 is 5.97 Å². The summed E-state index contributed by atoms with van der Waals surface area (Å²) in [5.41, 5.74) is 2.87. The van der Waals surface area contributed by atoms with Crippen LogP contribution in [0.3, 0.4) is 0 Å². The number of aliphatic hydroxyl groups is 1. The van der Waals surface area contributed by atoms with E-state index in [1.165, 1.54) is 11.1 Å². The number of nitrogens with one attached hydrogen (secondary N) is 1. The second-order valence-electron chi connectivity index (χ2n) is 9.43. The van der Waals surface area contributed by atoms with Crippen molar-refractivity contribution in [3.8, 4) is 5.75 Å². The van der Waals surface area contributed by atoms with Crippen molar-refractivity contribution in [1.29, 1.82) is 0 Å². The summed E-state index contributed by atoms with van der Waals surface area (Å²) in [6.07, 6.45) is 8.23. The second-order valence-corrected chi connectivity index (χ2v) is 9.43. The predicted octanol–water partition coefficient (Wildman–Crippen LogP) is 4.88. The smallest absolute Gasteiger partial charge is 0.306 e. The Hall–Kier alpha value is -2.93. The van der Waals surface area contributed by atoms with Gasteiger partial charge in [-0.2, -0.15) is 0 Å². The summed E-state index contributed by atoms with van der Waals surface area (Å²) in [5.74, 6) is 0.713. The number of carboxylic acid groups (broad SMARTS) is 1. The Morgan fingerprint density at radius 1 is 1.24 bits per heavy atom. The van der Waals surface area contributed by atoms with Crippen molar-refractivity contribution < 1.29 is 19.7 Å². The molecule has 0 unspecified atom stereocenters. The molecule has 1 fully saturated rings. The van der Waals surface area contributed by atoms with E-state index in [0.717, 1.165) is 23.7 Å². The first kappa shape index (κ1) is 23.2. The molecule has 1 aromatic carbocycles. The van der Waals surface area contributed by atoms with Crippen molar-refractivity contribution in [3.63, 3.8) is 0 Å². The number of methoxy groups -OCH3 is 1. The van der Waals surface area contributed by atoms with Gasteiger partial charge in [0.1, 0.15) is 17.4 Å². The summed E-state index contributed by atoms with van der Waals surface area (Å²) in [6, 6.07) is 3.83. The molecule has 1 aromatic heterocycles. The molecule has 7 heteroatoms. The summed E-state index contributed by atoms with van der Waals surface area (Å²) in [6.45, 7) is 6.14. The minimum Gasteiger partial charge on any atom is -0.496 e. The number of hydrogen-bond acceptors (Lipinski definition) is 6. The molecule has 3 N–H and O–H groups in total. The van der Waals surface area contributed by atoms with Crippen LogP contribution in [0.1, 0.15) is 63.8 Å². The molecule has 33 heavy (non-hydrogen) atoms. The van der Waals surface area contributed by atoms with Gasteiger partial charge in [0.15, 0.2) is 0 Å². The van der Waals surface area contributed by atoms with Gasteiger partial charge in [-0.05, 0) is 70.9 Å². The number of allylic oxidation sites excluding steroid dienone is 2. The molecular weight excluding hydrogens is 418 g/mol. The van der Waals surface area contributed by atoms with Gasteiger partial charge < -0.3 is 20.3 Å². The Labute approximate surface area is 194 Å². The first-order valence-electron chi connectivity index (χ1n) is 11.7. The molecule has 0 spiro atoms. The van der Waals surface area contributed by atoms with Crippen molar-refractivity contribution in [3.05, 3.63) is 46.8 Å². The maximum atomic E-state index is 11.5. The lowest BCUT2D eigenvalue weighted by Gasteiger charge is -2.36. The highest BCUT2D eigenvalue weighted by Crippen LogP contribution is 2.45. The van der Waals surface area contributed by atoms with Crippen LogP contribution in [0.25, 0.3) is 10.9 Å². The van der Waals surface area contributed by atoms with E-state index < -0.39 is 17.5 Å². The third-order valence-corrected chi connectivity index (χ3v) is 6.98. The number of nitrogens with zero attached hydrogens (tertiary/aromatic N) is 2. The number of aryl methyl sites for hydroxylation is 1. The van der Waals surface area contributed by atoms with Gasteiger partial charge in [0.2, 0.25) is 0 Å². The highest BCUT2D eigenvalue weighted by molar-refractivity contribution is 5.91. The maximum Gasteiger partial charge on any atom is 0.306 e. The zero-order chi connectivity index (χ0) is 23.8. The van der Waals surface area contributed by atoms with Gasteiger partial charge in [-0.1, -0.05) is 17.7 Å². The van der Waals surface area contributed by atoms with Crippen molar-refractivity contribution in [1.82, 2.24) is 9.97 Å². The summed E-state index contributed by atoms with van der Waals surface area (Å²) < 4.78 is 5.64. The number of ether oxygens (including phenoxy) is 1. The summed E-state index contributed by atoms with van der Waals surface area (Å²) in [7, 11) is 1.58. The number of hydrogen-bond donors (Lipinski definition) is 3. The van der Waals surface area contributed by atoms with Gasteiger partial charge in [-0.3, -0.25) is 4.79 Å². The molecule has 176 valence electrons. The molecule has 0 saturated heterocycles. The van der Waals surface area contributed by atoms with Crippen LogP contribution in [0.4, 0.5) is 5.82 Å². The van der Waals surface area contributed by atoms with E-state index in [0.29, 0.717) is 48.6 Å². The zero-order valence-corrected chi connectivity index (χ0v) is 19.8. The van der Waals surface area contributed by atoms with Crippen LogP contribution < -0.4 is 10.1 Å². The molecule has 2 aromatic rings. The third kappa shape index (κ3) is 4.74. The van der Waals surface area contributed by atoms with Crippen LogP contribution in [0, 0.1) is 12.8 Å². The lowest BCUT2D eigenvalue weighted by atomic mass is 9.74. The maximum absolute atomic E-state index is 11.5. The van der Waals surface area contributed by atoms with Crippen LogP contribution in [-0.2, 0) is 10.4 Å². The molecule has 0 amide bonds. The van der Waals surface area contributed by atoms with E-state index >= 15 is 0 Å². The number of carboxylic acids is 1. The fraction of sp³-hybridized carbons (Fsp3) is 0.500. The molecule has 1 atom stereocenters. The molecule has 0 bridgehead atoms.